The van der Waals surface area contributed by atoms with Crippen LogP contribution in [0.4, 0.5) is 0 Å². The van der Waals surface area contributed by atoms with Gasteiger partial charge < -0.3 is 5.11 Å². The van der Waals surface area contributed by atoms with E-state index in [0.717, 1.165) is 0 Å². The molecule has 1 heterocycles. The van der Waals surface area contributed by atoms with Gasteiger partial charge in [-0.15, -0.1) is 0 Å². The first-order valence-corrected chi connectivity index (χ1v) is 7.99. The summed E-state index contributed by atoms with van der Waals surface area (Å²) in [4.78, 5) is 12.5. The summed E-state index contributed by atoms with van der Waals surface area (Å²) < 4.78 is 24.5. The van der Waals surface area contributed by atoms with Gasteiger partial charge in [0.2, 0.25) is 0 Å². The zero-order chi connectivity index (χ0) is 15.0. The number of sulfone groups is 1. The molecule has 3 rings (SSSR count). The molecule has 4 nitrogen and oxygen atoms in total. The number of rotatable bonds is 1. The number of phenols is 1. The van der Waals surface area contributed by atoms with E-state index in [4.69, 9.17) is 0 Å². The van der Waals surface area contributed by atoms with Gasteiger partial charge in [-0.05, 0) is 35.9 Å². The summed E-state index contributed by atoms with van der Waals surface area (Å²) in [6, 6.07) is 12.5. The second-order valence-electron chi connectivity index (χ2n) is 4.85. The molecule has 0 amide bonds. The van der Waals surface area contributed by atoms with Crippen molar-refractivity contribution in [2.45, 2.75) is 4.90 Å². The van der Waals surface area contributed by atoms with Crippen LogP contribution in [0.5, 0.6) is 5.75 Å². The molecule has 21 heavy (non-hydrogen) atoms. The van der Waals surface area contributed by atoms with Crippen LogP contribution in [0.1, 0.15) is 15.9 Å². The number of ketones is 1. The van der Waals surface area contributed by atoms with Crippen molar-refractivity contribution >= 4 is 21.7 Å². The third kappa shape index (κ3) is 2.48. The van der Waals surface area contributed by atoms with E-state index in [1.54, 1.807) is 24.3 Å². The van der Waals surface area contributed by atoms with E-state index >= 15 is 0 Å². The van der Waals surface area contributed by atoms with E-state index in [0.29, 0.717) is 5.56 Å². The Balaban J connectivity index is 2.13. The number of hydrogen-bond donors (Lipinski definition) is 1. The van der Waals surface area contributed by atoms with E-state index in [9.17, 15) is 18.3 Å². The van der Waals surface area contributed by atoms with E-state index in [1.807, 2.05) is 0 Å². The standard InChI is InChI=1S/C16H12O4S/c17-13-5-3-4-11(9-13)8-12-10-21(19,20)15-7-2-1-6-14(15)16(12)18/h1-9,17H,10H2/b12-8+. The molecule has 0 unspecified atom stereocenters. The lowest BCUT2D eigenvalue weighted by Crippen LogP contribution is -2.24. The number of phenolic OH excluding ortho intramolecular Hbond substituents is 1. The molecule has 106 valence electrons. The topological polar surface area (TPSA) is 71.4 Å². The lowest BCUT2D eigenvalue weighted by molar-refractivity contribution is 0.103. The van der Waals surface area contributed by atoms with Crippen molar-refractivity contribution < 1.29 is 18.3 Å². The lowest BCUT2D eigenvalue weighted by Gasteiger charge is -2.17. The predicted molar refractivity (Wildman–Crippen MR) is 78.9 cm³/mol. The van der Waals surface area contributed by atoms with Crippen LogP contribution < -0.4 is 0 Å². The highest BCUT2D eigenvalue weighted by molar-refractivity contribution is 7.91. The Morgan fingerprint density at radius 2 is 1.81 bits per heavy atom. The molecule has 1 aliphatic rings. The number of Topliss-reactive ketones (excluding diaryl/α,β-unsaturated/α-hetero) is 1. The fraction of sp³-hybridized carbons (Fsp3) is 0.0625. The smallest absolute Gasteiger partial charge is 0.191 e. The predicted octanol–water partition coefficient (Wildman–Crippen LogP) is 2.45. The average Bonchev–Trinajstić information content (AvgIpc) is 2.44. The highest BCUT2D eigenvalue weighted by Crippen LogP contribution is 2.29. The van der Waals surface area contributed by atoms with Crippen molar-refractivity contribution in [3.8, 4) is 5.75 Å². The lowest BCUT2D eigenvalue weighted by atomic mass is 10.0. The Labute approximate surface area is 122 Å². The van der Waals surface area contributed by atoms with Gasteiger partial charge in [-0.2, -0.15) is 0 Å². The normalized spacial score (nSPS) is 18.5. The van der Waals surface area contributed by atoms with Gasteiger partial charge in [0.15, 0.2) is 15.6 Å². The third-order valence-corrected chi connectivity index (χ3v) is 5.03. The molecular formula is C16H12O4S. The Bertz CT molecular complexity index is 863. The summed E-state index contributed by atoms with van der Waals surface area (Å²) in [5.41, 5.74) is 1.00. The number of hydrogen-bond acceptors (Lipinski definition) is 4. The van der Waals surface area contributed by atoms with Crippen molar-refractivity contribution in [2.24, 2.45) is 0 Å². The van der Waals surface area contributed by atoms with Crippen molar-refractivity contribution in [3.63, 3.8) is 0 Å². The number of carbonyl (C=O) groups is 1. The molecule has 1 N–H and O–H groups in total. The molecule has 1 aliphatic heterocycles. The van der Waals surface area contributed by atoms with Gasteiger partial charge in [0.25, 0.3) is 0 Å². The SMILES string of the molecule is O=C1/C(=C/c2cccc(O)c2)CS(=O)(=O)c2ccccc21. The van der Waals surface area contributed by atoms with Gasteiger partial charge in [0.1, 0.15) is 5.75 Å². The summed E-state index contributed by atoms with van der Waals surface area (Å²) in [5, 5.41) is 9.44. The second-order valence-corrected chi connectivity index (χ2v) is 6.81. The van der Waals surface area contributed by atoms with Crippen LogP contribution >= 0.6 is 0 Å². The Kier molecular flexibility index (Phi) is 3.14. The highest BCUT2D eigenvalue weighted by Gasteiger charge is 2.32. The number of fused-ring (bicyclic) bond motifs is 1. The van der Waals surface area contributed by atoms with Crippen LogP contribution in [-0.2, 0) is 9.84 Å². The van der Waals surface area contributed by atoms with E-state index in [-0.39, 0.29) is 33.3 Å². The van der Waals surface area contributed by atoms with Crippen LogP contribution in [0.3, 0.4) is 0 Å². The van der Waals surface area contributed by atoms with Gasteiger partial charge >= 0.3 is 0 Å². The molecule has 0 aliphatic carbocycles. The van der Waals surface area contributed by atoms with Crippen LogP contribution in [0.25, 0.3) is 6.08 Å². The number of carbonyl (C=O) groups excluding carboxylic acids is 1. The second kappa shape index (κ2) is 4.86. The monoisotopic (exact) mass is 300 g/mol. The highest BCUT2D eigenvalue weighted by atomic mass is 32.2. The molecule has 2 aromatic rings. The van der Waals surface area contributed by atoms with Gasteiger partial charge in [-0.3, -0.25) is 4.79 Å². The molecule has 0 saturated carbocycles. The Morgan fingerprint density at radius 1 is 1.05 bits per heavy atom. The van der Waals surface area contributed by atoms with Gasteiger partial charge in [0.05, 0.1) is 10.6 Å². The maximum absolute atomic E-state index is 12.4. The van der Waals surface area contributed by atoms with Gasteiger partial charge in [-0.25, -0.2) is 8.42 Å². The van der Waals surface area contributed by atoms with Crippen molar-refractivity contribution in [1.29, 1.82) is 0 Å². The van der Waals surface area contributed by atoms with Crippen molar-refractivity contribution in [1.82, 2.24) is 0 Å². The molecule has 0 atom stereocenters. The van der Waals surface area contributed by atoms with E-state index in [2.05, 4.69) is 0 Å². The zero-order valence-corrected chi connectivity index (χ0v) is 11.8. The zero-order valence-electron chi connectivity index (χ0n) is 11.0. The molecule has 0 fully saturated rings. The summed E-state index contributed by atoms with van der Waals surface area (Å²) in [6.45, 7) is 0. The first-order chi connectivity index (χ1) is 9.97. The van der Waals surface area contributed by atoms with Gasteiger partial charge in [0, 0.05) is 11.1 Å². The van der Waals surface area contributed by atoms with Crippen LogP contribution in [-0.4, -0.2) is 25.1 Å². The van der Waals surface area contributed by atoms with E-state index in [1.165, 1.54) is 30.3 Å². The molecule has 0 spiro atoms. The minimum absolute atomic E-state index is 0.0656. The molecule has 0 radical (unpaired) electrons. The fourth-order valence-electron chi connectivity index (χ4n) is 2.37. The summed E-state index contributed by atoms with van der Waals surface area (Å²) in [5.74, 6) is -0.543. The van der Waals surface area contributed by atoms with Gasteiger partial charge in [-0.1, -0.05) is 24.3 Å². The Hall–Kier alpha value is -2.40. The summed E-state index contributed by atoms with van der Waals surface area (Å²) in [7, 11) is -3.51. The van der Waals surface area contributed by atoms with Crippen molar-refractivity contribution in [2.75, 3.05) is 5.75 Å². The molecule has 0 bridgehead atoms. The molecule has 0 saturated heterocycles. The first-order valence-electron chi connectivity index (χ1n) is 6.33. The molecule has 2 aromatic carbocycles. The maximum Gasteiger partial charge on any atom is 0.191 e. The number of aromatic hydroxyl groups is 1. The van der Waals surface area contributed by atoms with E-state index < -0.39 is 9.84 Å². The van der Waals surface area contributed by atoms with Crippen LogP contribution in [0.2, 0.25) is 0 Å². The average molecular weight is 300 g/mol. The molecule has 5 heteroatoms. The molecule has 0 aromatic heterocycles. The van der Waals surface area contributed by atoms with Crippen LogP contribution in [0, 0.1) is 0 Å². The van der Waals surface area contributed by atoms with Crippen LogP contribution in [0.15, 0.2) is 59.0 Å². The minimum Gasteiger partial charge on any atom is -0.508 e. The minimum atomic E-state index is -3.51. The Morgan fingerprint density at radius 3 is 2.57 bits per heavy atom. The molecular weight excluding hydrogens is 288 g/mol. The largest absolute Gasteiger partial charge is 0.508 e. The third-order valence-electron chi connectivity index (χ3n) is 3.32. The van der Waals surface area contributed by atoms with Crippen molar-refractivity contribution in [3.05, 3.63) is 65.2 Å². The summed E-state index contributed by atoms with van der Waals surface area (Å²) >= 11 is 0. The quantitative estimate of drug-likeness (QED) is 0.821. The number of benzene rings is 2. The maximum atomic E-state index is 12.4. The summed E-state index contributed by atoms with van der Waals surface area (Å²) in [6.07, 6.45) is 1.51. The first kappa shape index (κ1) is 13.6. The fourth-order valence-corrected chi connectivity index (χ4v) is 3.93.